The van der Waals surface area contributed by atoms with E-state index in [-0.39, 0.29) is 16.8 Å². The molecule has 168 valence electrons. The molecule has 1 aliphatic carbocycles. The zero-order chi connectivity index (χ0) is 22.6. The molecule has 1 aromatic heterocycles. The Morgan fingerprint density at radius 2 is 1.88 bits per heavy atom. The summed E-state index contributed by atoms with van der Waals surface area (Å²) in [4.78, 5) is 0. The fourth-order valence-electron chi connectivity index (χ4n) is 6.41. The molecule has 5 heteroatoms. The van der Waals surface area contributed by atoms with Gasteiger partial charge in [0, 0.05) is 24.5 Å². The number of aromatic nitrogens is 2. The molecular formula is C28H28FN3O. The summed E-state index contributed by atoms with van der Waals surface area (Å²) in [6.07, 6.45) is 3.88. The lowest BCUT2D eigenvalue weighted by atomic mass is 9.72. The first-order chi connectivity index (χ1) is 16.0. The largest absolute Gasteiger partial charge is 0.373 e. The quantitative estimate of drug-likeness (QED) is 0.469. The number of aryl methyl sites for hydroxylation is 1. The smallest absolute Gasteiger partial charge is 0.123 e. The Bertz CT molecular complexity index is 1320. The topological polar surface area (TPSA) is 39.1 Å². The lowest BCUT2D eigenvalue weighted by Crippen LogP contribution is -2.35. The minimum atomic E-state index is -0.270. The Hall–Kier alpha value is -3.02. The molecule has 1 aliphatic heterocycles. The van der Waals surface area contributed by atoms with Crippen LogP contribution in [0.4, 0.5) is 4.39 Å². The van der Waals surface area contributed by atoms with Crippen LogP contribution in [0, 0.1) is 18.7 Å². The molecule has 6 rings (SSSR count). The molecule has 1 saturated heterocycles. The molecule has 0 unspecified atom stereocenters. The Kier molecular flexibility index (Phi) is 4.68. The van der Waals surface area contributed by atoms with Gasteiger partial charge in [-0.3, -0.25) is 0 Å². The summed E-state index contributed by atoms with van der Waals surface area (Å²) >= 11 is 0. The number of halogens is 1. The molecule has 0 spiro atoms. The number of fused-ring (bicyclic) bond motifs is 2. The summed E-state index contributed by atoms with van der Waals surface area (Å²) in [7, 11) is 1.86. The number of ether oxygens (including phenoxy) is 1. The van der Waals surface area contributed by atoms with Crippen molar-refractivity contribution in [2.24, 2.45) is 5.92 Å². The average Bonchev–Trinajstić information content (AvgIpc) is 3.51. The second kappa shape index (κ2) is 7.51. The molecule has 1 N–H and O–H groups in total. The molecule has 1 saturated carbocycles. The number of hydrogen-bond donors (Lipinski definition) is 1. The molecule has 2 fully saturated rings. The van der Waals surface area contributed by atoms with Crippen molar-refractivity contribution in [2.75, 3.05) is 20.2 Å². The first-order valence-electron chi connectivity index (χ1n) is 11.6. The van der Waals surface area contributed by atoms with Gasteiger partial charge in [0.25, 0.3) is 0 Å². The number of benzene rings is 3. The second-order valence-corrected chi connectivity index (χ2v) is 9.69. The van der Waals surface area contributed by atoms with Crippen molar-refractivity contribution in [1.29, 1.82) is 0 Å². The van der Waals surface area contributed by atoms with Crippen LogP contribution in [0.15, 0.2) is 72.9 Å². The van der Waals surface area contributed by atoms with Crippen molar-refractivity contribution >= 4 is 10.9 Å². The van der Waals surface area contributed by atoms with Crippen LogP contribution in [-0.2, 0) is 15.8 Å². The third-order valence-corrected chi connectivity index (χ3v) is 8.00. The SMILES string of the molecule is CO[C@@]1(c2ccccc2)C[C@H]2CNC[C@@]2(c2cc3cnn(-c4ccc(F)cc4)c3cc2C)C1. The third kappa shape index (κ3) is 3.06. The predicted molar refractivity (Wildman–Crippen MR) is 128 cm³/mol. The maximum Gasteiger partial charge on any atom is 0.123 e. The highest BCUT2D eigenvalue weighted by Crippen LogP contribution is 2.58. The lowest BCUT2D eigenvalue weighted by Gasteiger charge is -2.34. The van der Waals surface area contributed by atoms with Gasteiger partial charge in [0.05, 0.1) is 23.0 Å². The molecule has 0 radical (unpaired) electrons. The van der Waals surface area contributed by atoms with E-state index in [1.807, 2.05) is 18.0 Å². The predicted octanol–water partition coefficient (Wildman–Crippen LogP) is 5.27. The molecule has 3 aromatic carbocycles. The van der Waals surface area contributed by atoms with Crippen molar-refractivity contribution in [3.8, 4) is 5.69 Å². The molecule has 4 aromatic rings. The number of rotatable bonds is 4. The fourth-order valence-corrected chi connectivity index (χ4v) is 6.41. The van der Waals surface area contributed by atoms with Gasteiger partial charge >= 0.3 is 0 Å². The summed E-state index contributed by atoms with van der Waals surface area (Å²) in [5, 5.41) is 9.42. The molecule has 33 heavy (non-hydrogen) atoms. The van der Waals surface area contributed by atoms with Gasteiger partial charge in [-0.2, -0.15) is 5.10 Å². The highest BCUT2D eigenvalue weighted by molar-refractivity contribution is 5.82. The van der Waals surface area contributed by atoms with Gasteiger partial charge in [-0.1, -0.05) is 30.3 Å². The van der Waals surface area contributed by atoms with Crippen molar-refractivity contribution in [3.63, 3.8) is 0 Å². The number of nitrogens with zero attached hydrogens (tertiary/aromatic N) is 2. The Balaban J connectivity index is 1.46. The fraction of sp³-hybridized carbons (Fsp3) is 0.321. The van der Waals surface area contributed by atoms with E-state index >= 15 is 0 Å². The zero-order valence-electron chi connectivity index (χ0n) is 19.0. The van der Waals surface area contributed by atoms with Crippen LogP contribution in [0.5, 0.6) is 0 Å². The van der Waals surface area contributed by atoms with Crippen molar-refractivity contribution in [2.45, 2.75) is 30.8 Å². The number of hydrogen-bond acceptors (Lipinski definition) is 3. The Labute approximate surface area is 193 Å². The minimum absolute atomic E-state index is 0.0160. The summed E-state index contributed by atoms with van der Waals surface area (Å²) in [6, 6.07) is 21.7. The second-order valence-electron chi connectivity index (χ2n) is 9.69. The van der Waals surface area contributed by atoms with E-state index in [4.69, 9.17) is 4.74 Å². The monoisotopic (exact) mass is 441 g/mol. The van der Waals surface area contributed by atoms with E-state index in [1.165, 1.54) is 28.8 Å². The summed E-state index contributed by atoms with van der Waals surface area (Å²) in [5.74, 6) is 0.259. The third-order valence-electron chi connectivity index (χ3n) is 8.00. The van der Waals surface area contributed by atoms with E-state index in [9.17, 15) is 4.39 Å². The molecule has 2 heterocycles. The van der Waals surface area contributed by atoms with Gasteiger partial charge in [0.15, 0.2) is 0 Å². The van der Waals surface area contributed by atoms with Crippen LogP contribution in [-0.4, -0.2) is 30.0 Å². The summed E-state index contributed by atoms with van der Waals surface area (Å²) in [5.41, 5.74) is 5.57. The normalized spacial score (nSPS) is 26.7. The van der Waals surface area contributed by atoms with Gasteiger partial charge < -0.3 is 10.1 Å². The maximum atomic E-state index is 13.4. The number of nitrogens with one attached hydrogen (secondary N) is 1. The van der Waals surface area contributed by atoms with Gasteiger partial charge in [-0.15, -0.1) is 0 Å². The van der Waals surface area contributed by atoms with Crippen LogP contribution in [0.25, 0.3) is 16.6 Å². The molecule has 0 amide bonds. The maximum absolute atomic E-state index is 13.4. The summed E-state index contributed by atoms with van der Waals surface area (Å²) < 4.78 is 21.6. The highest BCUT2D eigenvalue weighted by atomic mass is 19.1. The lowest BCUT2D eigenvalue weighted by molar-refractivity contribution is -0.0168. The van der Waals surface area contributed by atoms with Gasteiger partial charge in [0.1, 0.15) is 5.82 Å². The Morgan fingerprint density at radius 1 is 1.09 bits per heavy atom. The van der Waals surface area contributed by atoms with Gasteiger partial charge in [-0.05, 0) is 85.3 Å². The van der Waals surface area contributed by atoms with Crippen LogP contribution < -0.4 is 5.32 Å². The van der Waals surface area contributed by atoms with E-state index in [0.717, 1.165) is 42.5 Å². The van der Waals surface area contributed by atoms with Crippen molar-refractivity contribution in [1.82, 2.24) is 15.1 Å². The van der Waals surface area contributed by atoms with Crippen molar-refractivity contribution in [3.05, 3.63) is 95.4 Å². The van der Waals surface area contributed by atoms with E-state index in [2.05, 4.69) is 59.8 Å². The van der Waals surface area contributed by atoms with Crippen LogP contribution in [0.2, 0.25) is 0 Å². The van der Waals surface area contributed by atoms with E-state index in [0.29, 0.717) is 5.92 Å². The first-order valence-corrected chi connectivity index (χ1v) is 11.6. The minimum Gasteiger partial charge on any atom is -0.373 e. The van der Waals surface area contributed by atoms with Gasteiger partial charge in [0.2, 0.25) is 0 Å². The molecule has 0 bridgehead atoms. The van der Waals surface area contributed by atoms with Gasteiger partial charge in [-0.25, -0.2) is 9.07 Å². The van der Waals surface area contributed by atoms with Crippen LogP contribution in [0.3, 0.4) is 0 Å². The van der Waals surface area contributed by atoms with Crippen molar-refractivity contribution < 1.29 is 9.13 Å². The Morgan fingerprint density at radius 3 is 2.64 bits per heavy atom. The molecule has 4 nitrogen and oxygen atoms in total. The standard InChI is InChI=1S/C28H28FN3O/c1-19-12-26-20(15-31-32(26)24-10-8-23(29)9-11-24)13-25(19)27-17-28(33-2,14-22(27)16-30-18-27)21-6-4-3-5-7-21/h3-13,15,22,30H,14,16-18H2,1-2H3/t22-,27-,28-/m0/s1. The van der Waals surface area contributed by atoms with E-state index < -0.39 is 0 Å². The molecule has 2 aliphatic rings. The van der Waals surface area contributed by atoms with E-state index in [1.54, 1.807) is 12.1 Å². The summed E-state index contributed by atoms with van der Waals surface area (Å²) in [6.45, 7) is 4.16. The van der Waals surface area contributed by atoms with Crippen LogP contribution in [0.1, 0.15) is 29.5 Å². The molecular weight excluding hydrogens is 413 g/mol. The number of methoxy groups -OCH3 is 1. The first kappa shape index (κ1) is 20.6. The average molecular weight is 442 g/mol. The van der Waals surface area contributed by atoms with Crippen LogP contribution >= 0.6 is 0 Å². The zero-order valence-corrected chi connectivity index (χ0v) is 19.0. The highest BCUT2D eigenvalue weighted by Gasteiger charge is 2.58. The molecule has 3 atom stereocenters.